The summed E-state index contributed by atoms with van der Waals surface area (Å²) in [6, 6.07) is 5.95. The summed E-state index contributed by atoms with van der Waals surface area (Å²) in [6.07, 6.45) is 0. The van der Waals surface area contributed by atoms with E-state index < -0.39 is 0 Å². The first-order valence-corrected chi connectivity index (χ1v) is 5.73. The Morgan fingerprint density at radius 1 is 1.44 bits per heavy atom. The first-order chi connectivity index (χ1) is 7.70. The summed E-state index contributed by atoms with van der Waals surface area (Å²) in [7, 11) is 1.67. The first kappa shape index (κ1) is 9.47. The number of ether oxygens (including phenoxy) is 1. The zero-order valence-corrected chi connectivity index (χ0v) is 9.84. The topological polar surface area (TPSA) is 52.5 Å². The normalized spacial score (nSPS) is 11.4. The maximum absolute atomic E-state index is 6.00. The Balaban J connectivity index is 2.44. The van der Waals surface area contributed by atoms with Gasteiger partial charge in [-0.3, -0.25) is 4.40 Å². The Morgan fingerprint density at radius 3 is 3.00 bits per heavy atom. The first-order valence-electron chi connectivity index (χ1n) is 4.92. The van der Waals surface area contributed by atoms with E-state index in [1.165, 1.54) is 0 Å². The molecule has 0 unspecified atom stereocenters. The third-order valence-electron chi connectivity index (χ3n) is 2.68. The summed E-state index contributed by atoms with van der Waals surface area (Å²) in [5.41, 5.74) is 7.96. The molecule has 16 heavy (non-hydrogen) atoms. The van der Waals surface area contributed by atoms with Gasteiger partial charge in [-0.25, -0.2) is 4.98 Å². The number of aromatic nitrogens is 2. The van der Waals surface area contributed by atoms with Gasteiger partial charge in [-0.05, 0) is 25.1 Å². The second kappa shape index (κ2) is 3.12. The van der Waals surface area contributed by atoms with Gasteiger partial charge in [-0.15, -0.1) is 0 Å². The molecule has 0 atom stereocenters. The van der Waals surface area contributed by atoms with Crippen molar-refractivity contribution < 1.29 is 4.74 Å². The van der Waals surface area contributed by atoms with E-state index in [1.807, 2.05) is 29.5 Å². The minimum Gasteiger partial charge on any atom is -0.497 e. The van der Waals surface area contributed by atoms with E-state index in [0.29, 0.717) is 5.82 Å². The Labute approximate surface area is 96.3 Å². The molecule has 0 aliphatic carbocycles. The zero-order chi connectivity index (χ0) is 11.3. The SMILES string of the molecule is COc1ccc2c(c1)sc1nc(C)c(N)n12. The lowest BCUT2D eigenvalue weighted by Crippen LogP contribution is -1.92. The van der Waals surface area contributed by atoms with E-state index in [9.17, 15) is 0 Å². The van der Waals surface area contributed by atoms with E-state index in [1.54, 1.807) is 18.4 Å². The van der Waals surface area contributed by atoms with Crippen LogP contribution in [-0.2, 0) is 0 Å². The number of nitrogens with two attached hydrogens (primary N) is 1. The summed E-state index contributed by atoms with van der Waals surface area (Å²) < 4.78 is 8.31. The van der Waals surface area contributed by atoms with E-state index in [2.05, 4.69) is 4.98 Å². The average Bonchev–Trinajstić information content (AvgIpc) is 2.76. The van der Waals surface area contributed by atoms with Crippen molar-refractivity contribution in [3.8, 4) is 5.75 Å². The maximum atomic E-state index is 6.00. The molecular weight excluding hydrogens is 222 g/mol. The summed E-state index contributed by atoms with van der Waals surface area (Å²) in [5.74, 6) is 1.57. The van der Waals surface area contributed by atoms with Crippen LogP contribution in [0.25, 0.3) is 15.2 Å². The Bertz CT molecular complexity index is 683. The zero-order valence-electron chi connectivity index (χ0n) is 9.02. The molecule has 0 radical (unpaired) electrons. The van der Waals surface area contributed by atoms with Crippen molar-refractivity contribution in [3.05, 3.63) is 23.9 Å². The Hall–Kier alpha value is -1.75. The van der Waals surface area contributed by atoms with Crippen molar-refractivity contribution in [2.45, 2.75) is 6.92 Å². The molecule has 2 N–H and O–H groups in total. The summed E-state index contributed by atoms with van der Waals surface area (Å²) in [5, 5.41) is 0. The number of benzene rings is 1. The highest BCUT2D eigenvalue weighted by Crippen LogP contribution is 2.32. The fourth-order valence-corrected chi connectivity index (χ4v) is 2.91. The molecule has 0 spiro atoms. The van der Waals surface area contributed by atoms with Crippen LogP contribution >= 0.6 is 11.3 Å². The third-order valence-corrected chi connectivity index (χ3v) is 3.68. The molecule has 82 valence electrons. The van der Waals surface area contributed by atoms with Gasteiger partial charge in [0.1, 0.15) is 11.6 Å². The van der Waals surface area contributed by atoms with Gasteiger partial charge in [-0.1, -0.05) is 11.3 Å². The van der Waals surface area contributed by atoms with Gasteiger partial charge in [0.25, 0.3) is 0 Å². The molecule has 0 bridgehead atoms. The highest BCUT2D eigenvalue weighted by molar-refractivity contribution is 7.23. The molecule has 5 heteroatoms. The van der Waals surface area contributed by atoms with E-state index in [-0.39, 0.29) is 0 Å². The van der Waals surface area contributed by atoms with Crippen LogP contribution in [0.1, 0.15) is 5.69 Å². The molecule has 2 aromatic heterocycles. The molecule has 3 rings (SSSR count). The van der Waals surface area contributed by atoms with Crippen molar-refractivity contribution in [3.63, 3.8) is 0 Å². The summed E-state index contributed by atoms with van der Waals surface area (Å²) in [4.78, 5) is 5.35. The van der Waals surface area contributed by atoms with Crippen LogP contribution in [0.3, 0.4) is 0 Å². The number of methoxy groups -OCH3 is 1. The minimum atomic E-state index is 0.714. The van der Waals surface area contributed by atoms with Crippen LogP contribution in [0.15, 0.2) is 18.2 Å². The van der Waals surface area contributed by atoms with E-state index in [0.717, 1.165) is 26.6 Å². The predicted molar refractivity (Wildman–Crippen MR) is 66.3 cm³/mol. The van der Waals surface area contributed by atoms with Crippen LogP contribution in [0.4, 0.5) is 5.82 Å². The minimum absolute atomic E-state index is 0.714. The lowest BCUT2D eigenvalue weighted by Gasteiger charge is -1.99. The van der Waals surface area contributed by atoms with Crippen molar-refractivity contribution in [2.75, 3.05) is 12.8 Å². The van der Waals surface area contributed by atoms with Crippen molar-refractivity contribution in [1.82, 2.24) is 9.38 Å². The molecule has 0 saturated carbocycles. The van der Waals surface area contributed by atoms with Crippen LogP contribution in [0, 0.1) is 6.92 Å². The number of rotatable bonds is 1. The van der Waals surface area contributed by atoms with E-state index >= 15 is 0 Å². The van der Waals surface area contributed by atoms with Gasteiger partial charge in [0.05, 0.1) is 23.0 Å². The van der Waals surface area contributed by atoms with Crippen LogP contribution < -0.4 is 10.5 Å². The number of aryl methyl sites for hydroxylation is 1. The van der Waals surface area contributed by atoms with Crippen molar-refractivity contribution in [1.29, 1.82) is 0 Å². The fourth-order valence-electron chi connectivity index (χ4n) is 1.80. The number of nitrogen functional groups attached to an aromatic ring is 1. The van der Waals surface area contributed by atoms with Crippen LogP contribution in [0.5, 0.6) is 5.75 Å². The molecule has 0 aliphatic rings. The standard InChI is InChI=1S/C11H11N3OS/c1-6-10(12)14-8-4-3-7(15-2)5-9(8)16-11(14)13-6/h3-5H,12H2,1-2H3. The average molecular weight is 233 g/mol. The number of nitrogens with zero attached hydrogens (tertiary/aromatic N) is 2. The highest BCUT2D eigenvalue weighted by atomic mass is 32.1. The lowest BCUT2D eigenvalue weighted by atomic mass is 10.3. The van der Waals surface area contributed by atoms with Crippen LogP contribution in [0.2, 0.25) is 0 Å². The Kier molecular flexibility index (Phi) is 1.85. The molecule has 0 saturated heterocycles. The molecular formula is C11H11N3OS. The second-order valence-corrected chi connectivity index (χ2v) is 4.65. The van der Waals surface area contributed by atoms with Gasteiger partial charge in [-0.2, -0.15) is 0 Å². The number of imidazole rings is 1. The summed E-state index contributed by atoms with van der Waals surface area (Å²) >= 11 is 1.62. The largest absolute Gasteiger partial charge is 0.497 e. The van der Waals surface area contributed by atoms with Gasteiger partial charge >= 0.3 is 0 Å². The second-order valence-electron chi connectivity index (χ2n) is 3.64. The molecule has 1 aromatic carbocycles. The molecule has 0 fully saturated rings. The molecule has 3 aromatic rings. The molecule has 0 aliphatic heterocycles. The van der Waals surface area contributed by atoms with Crippen molar-refractivity contribution in [2.24, 2.45) is 0 Å². The Morgan fingerprint density at radius 2 is 2.25 bits per heavy atom. The summed E-state index contributed by atoms with van der Waals surface area (Å²) in [6.45, 7) is 1.92. The molecule has 0 amide bonds. The van der Waals surface area contributed by atoms with Gasteiger partial charge in [0, 0.05) is 0 Å². The highest BCUT2D eigenvalue weighted by Gasteiger charge is 2.12. The number of fused-ring (bicyclic) bond motifs is 3. The lowest BCUT2D eigenvalue weighted by molar-refractivity contribution is 0.415. The number of anilines is 1. The van der Waals surface area contributed by atoms with Gasteiger partial charge < -0.3 is 10.5 Å². The van der Waals surface area contributed by atoms with Gasteiger partial charge in [0.15, 0.2) is 4.96 Å². The molecule has 2 heterocycles. The smallest absolute Gasteiger partial charge is 0.196 e. The van der Waals surface area contributed by atoms with E-state index in [4.69, 9.17) is 10.5 Å². The number of hydrogen-bond acceptors (Lipinski definition) is 4. The third kappa shape index (κ3) is 1.12. The fraction of sp³-hybridized carbons (Fsp3) is 0.182. The maximum Gasteiger partial charge on any atom is 0.196 e. The monoisotopic (exact) mass is 233 g/mol. The van der Waals surface area contributed by atoms with Gasteiger partial charge in [0.2, 0.25) is 0 Å². The van der Waals surface area contributed by atoms with Crippen molar-refractivity contribution >= 4 is 32.3 Å². The predicted octanol–water partition coefficient (Wildman–Crippen LogP) is 2.45. The number of hydrogen-bond donors (Lipinski definition) is 1. The quantitative estimate of drug-likeness (QED) is 0.702. The molecule has 4 nitrogen and oxygen atoms in total. The van der Waals surface area contributed by atoms with Crippen LogP contribution in [-0.4, -0.2) is 16.5 Å². The number of thiazole rings is 1.